The Balaban J connectivity index is 1.44. The molecule has 3 aromatic rings. The van der Waals surface area contributed by atoms with Gasteiger partial charge in [0, 0.05) is 49.7 Å². The molecule has 28 heavy (non-hydrogen) atoms. The molecule has 0 aliphatic carbocycles. The lowest BCUT2D eigenvalue weighted by Gasteiger charge is -2.06. The lowest BCUT2D eigenvalue weighted by atomic mass is 10.2. The van der Waals surface area contributed by atoms with Crippen molar-refractivity contribution in [2.45, 2.75) is 12.8 Å². The van der Waals surface area contributed by atoms with Crippen molar-refractivity contribution in [3.8, 4) is 0 Å². The normalized spacial score (nSPS) is 10.3. The molecule has 0 unspecified atom stereocenters. The predicted octanol–water partition coefficient (Wildman–Crippen LogP) is 1.21. The van der Waals surface area contributed by atoms with Crippen LogP contribution >= 0.6 is 0 Å². The number of carbonyl (C=O) groups is 2. The summed E-state index contributed by atoms with van der Waals surface area (Å²) >= 11 is 0. The van der Waals surface area contributed by atoms with Crippen LogP contribution < -0.4 is 10.6 Å². The van der Waals surface area contributed by atoms with Gasteiger partial charge in [0.1, 0.15) is 11.4 Å². The highest BCUT2D eigenvalue weighted by molar-refractivity contribution is 5.94. The first kappa shape index (κ1) is 19.1. The van der Waals surface area contributed by atoms with E-state index in [-0.39, 0.29) is 23.2 Å². The van der Waals surface area contributed by atoms with E-state index in [1.54, 1.807) is 12.4 Å². The van der Waals surface area contributed by atoms with Crippen LogP contribution in [-0.4, -0.2) is 44.8 Å². The molecule has 2 N–H and O–H groups in total. The van der Waals surface area contributed by atoms with Crippen LogP contribution in [-0.2, 0) is 12.8 Å². The van der Waals surface area contributed by atoms with Gasteiger partial charge in [-0.3, -0.25) is 19.6 Å². The summed E-state index contributed by atoms with van der Waals surface area (Å²) in [6.07, 6.45) is 7.26. The molecule has 0 aromatic carbocycles. The summed E-state index contributed by atoms with van der Waals surface area (Å²) in [4.78, 5) is 40.7. The van der Waals surface area contributed by atoms with Crippen molar-refractivity contribution in [1.82, 2.24) is 30.6 Å². The number of nitrogens with one attached hydrogen (secondary N) is 2. The second kappa shape index (κ2) is 9.86. The third-order valence-corrected chi connectivity index (χ3v) is 3.90. The van der Waals surface area contributed by atoms with Crippen molar-refractivity contribution >= 4 is 11.8 Å². The van der Waals surface area contributed by atoms with Gasteiger partial charge in [0.05, 0.1) is 12.4 Å². The molecule has 3 rings (SSSR count). The lowest BCUT2D eigenvalue weighted by molar-refractivity contribution is 0.0934. The van der Waals surface area contributed by atoms with E-state index in [4.69, 9.17) is 0 Å². The largest absolute Gasteiger partial charge is 0.350 e. The Bertz CT molecular complexity index is 824. The highest BCUT2D eigenvalue weighted by Crippen LogP contribution is 1.98. The van der Waals surface area contributed by atoms with Crippen molar-refractivity contribution in [3.05, 3.63) is 84.0 Å². The molecule has 2 amide bonds. The van der Waals surface area contributed by atoms with Crippen LogP contribution in [0.2, 0.25) is 0 Å². The number of nitrogens with zero attached hydrogens (tertiary/aromatic N) is 4. The number of hydrogen-bond acceptors (Lipinski definition) is 6. The van der Waals surface area contributed by atoms with Crippen LogP contribution in [0.3, 0.4) is 0 Å². The number of aromatic nitrogens is 4. The van der Waals surface area contributed by atoms with Crippen LogP contribution in [0.4, 0.5) is 0 Å². The van der Waals surface area contributed by atoms with Crippen LogP contribution in [0.1, 0.15) is 32.4 Å². The fourth-order valence-corrected chi connectivity index (χ4v) is 2.44. The summed E-state index contributed by atoms with van der Waals surface area (Å²) in [6, 6.07) is 11.3. The number of rotatable bonds is 8. The first-order valence-corrected chi connectivity index (χ1v) is 8.90. The molecule has 0 saturated carbocycles. The summed E-state index contributed by atoms with van der Waals surface area (Å²) < 4.78 is 0. The summed E-state index contributed by atoms with van der Waals surface area (Å²) in [7, 11) is 0. The molecule has 0 fully saturated rings. The second-order valence-electron chi connectivity index (χ2n) is 5.94. The number of hydrogen-bond donors (Lipinski definition) is 2. The molecule has 3 heterocycles. The van der Waals surface area contributed by atoms with E-state index in [9.17, 15) is 9.59 Å². The number of amides is 2. The summed E-state index contributed by atoms with van der Waals surface area (Å²) in [5, 5.41) is 5.52. The van der Waals surface area contributed by atoms with Crippen LogP contribution in [0.5, 0.6) is 0 Å². The fraction of sp³-hybridized carbons (Fsp3) is 0.200. The summed E-state index contributed by atoms with van der Waals surface area (Å²) in [5.41, 5.74) is 2.11. The first-order valence-electron chi connectivity index (χ1n) is 8.90. The van der Waals surface area contributed by atoms with E-state index in [0.717, 1.165) is 11.4 Å². The minimum absolute atomic E-state index is 0.158. The van der Waals surface area contributed by atoms with Gasteiger partial charge in [-0.15, -0.1) is 0 Å². The van der Waals surface area contributed by atoms with Gasteiger partial charge in [0.2, 0.25) is 0 Å². The minimum atomic E-state index is -0.342. The van der Waals surface area contributed by atoms with Crippen molar-refractivity contribution < 1.29 is 9.59 Å². The third-order valence-electron chi connectivity index (χ3n) is 3.90. The lowest BCUT2D eigenvalue weighted by Crippen LogP contribution is -2.29. The van der Waals surface area contributed by atoms with E-state index in [1.807, 2.05) is 36.4 Å². The molecule has 0 aliphatic rings. The van der Waals surface area contributed by atoms with Crippen LogP contribution in [0.25, 0.3) is 0 Å². The van der Waals surface area contributed by atoms with Crippen molar-refractivity contribution in [3.63, 3.8) is 0 Å². The SMILES string of the molecule is O=C(NCCc1ccccn1)c1cnc(C(=O)NCCc2ccccn2)cn1. The van der Waals surface area contributed by atoms with Crippen molar-refractivity contribution in [1.29, 1.82) is 0 Å². The van der Waals surface area contributed by atoms with E-state index in [0.29, 0.717) is 25.9 Å². The van der Waals surface area contributed by atoms with E-state index < -0.39 is 0 Å². The van der Waals surface area contributed by atoms with Gasteiger partial charge in [-0.05, 0) is 24.3 Å². The zero-order valence-corrected chi connectivity index (χ0v) is 15.2. The molecular weight excluding hydrogens is 356 g/mol. The molecule has 0 radical (unpaired) electrons. The van der Waals surface area contributed by atoms with Crippen molar-refractivity contribution in [2.75, 3.05) is 13.1 Å². The van der Waals surface area contributed by atoms with E-state index in [2.05, 4.69) is 30.6 Å². The third kappa shape index (κ3) is 5.66. The highest BCUT2D eigenvalue weighted by atomic mass is 16.2. The monoisotopic (exact) mass is 376 g/mol. The smallest absolute Gasteiger partial charge is 0.271 e. The highest BCUT2D eigenvalue weighted by Gasteiger charge is 2.11. The average Bonchev–Trinajstić information content (AvgIpc) is 2.75. The van der Waals surface area contributed by atoms with Gasteiger partial charge in [-0.2, -0.15) is 0 Å². The van der Waals surface area contributed by atoms with Gasteiger partial charge in [-0.1, -0.05) is 12.1 Å². The molecular formula is C20H20N6O2. The van der Waals surface area contributed by atoms with Crippen LogP contribution in [0, 0.1) is 0 Å². The zero-order chi connectivity index (χ0) is 19.6. The van der Waals surface area contributed by atoms with Crippen LogP contribution in [0.15, 0.2) is 61.2 Å². The Hall–Kier alpha value is -3.68. The molecule has 0 aliphatic heterocycles. The maximum absolute atomic E-state index is 12.1. The Kier molecular flexibility index (Phi) is 6.73. The minimum Gasteiger partial charge on any atom is -0.350 e. The number of carbonyl (C=O) groups excluding carboxylic acids is 2. The molecule has 0 spiro atoms. The van der Waals surface area contributed by atoms with E-state index >= 15 is 0 Å². The maximum Gasteiger partial charge on any atom is 0.271 e. The summed E-state index contributed by atoms with van der Waals surface area (Å²) in [5.74, 6) is -0.684. The molecule has 0 atom stereocenters. The topological polar surface area (TPSA) is 110 Å². The molecule has 0 saturated heterocycles. The predicted molar refractivity (Wildman–Crippen MR) is 103 cm³/mol. The zero-order valence-electron chi connectivity index (χ0n) is 15.2. The Labute approximate surface area is 162 Å². The molecule has 142 valence electrons. The number of pyridine rings is 2. The van der Waals surface area contributed by atoms with E-state index in [1.165, 1.54) is 12.4 Å². The second-order valence-corrected chi connectivity index (χ2v) is 5.94. The Morgan fingerprint density at radius 1 is 0.679 bits per heavy atom. The van der Waals surface area contributed by atoms with Gasteiger partial charge < -0.3 is 10.6 Å². The molecule has 0 bridgehead atoms. The fourth-order valence-electron chi connectivity index (χ4n) is 2.44. The Morgan fingerprint density at radius 2 is 1.14 bits per heavy atom. The standard InChI is InChI=1S/C20H20N6O2/c27-19(23-11-7-15-5-1-3-9-21-15)17-13-26-18(14-25-17)20(28)24-12-8-16-6-2-4-10-22-16/h1-6,9-10,13-14H,7-8,11-12H2,(H,23,27)(H,24,28). The summed E-state index contributed by atoms with van der Waals surface area (Å²) in [6.45, 7) is 0.876. The first-order chi connectivity index (χ1) is 13.7. The Morgan fingerprint density at radius 3 is 1.50 bits per heavy atom. The maximum atomic E-state index is 12.1. The molecule has 3 aromatic heterocycles. The van der Waals surface area contributed by atoms with Gasteiger partial charge in [0.15, 0.2) is 0 Å². The molecule has 8 nitrogen and oxygen atoms in total. The van der Waals surface area contributed by atoms with Gasteiger partial charge in [0.25, 0.3) is 11.8 Å². The quantitative estimate of drug-likeness (QED) is 0.612. The van der Waals surface area contributed by atoms with Gasteiger partial charge >= 0.3 is 0 Å². The van der Waals surface area contributed by atoms with Crippen molar-refractivity contribution in [2.24, 2.45) is 0 Å². The average molecular weight is 376 g/mol. The molecule has 8 heteroatoms. The van der Waals surface area contributed by atoms with Gasteiger partial charge in [-0.25, -0.2) is 9.97 Å².